The summed E-state index contributed by atoms with van der Waals surface area (Å²) >= 11 is 1.07. The third-order valence-corrected chi connectivity index (χ3v) is 3.26. The molecule has 0 atom stereocenters. The highest BCUT2D eigenvalue weighted by Crippen LogP contribution is 2.29. The number of nitrogens with one attached hydrogen (secondary N) is 1. The first-order chi connectivity index (χ1) is 8.63. The van der Waals surface area contributed by atoms with E-state index in [2.05, 4.69) is 4.99 Å². The SMILES string of the molecule is COc1ccc(/C=C2\SC(=O)[NH+]=C2N)cc1OC. The van der Waals surface area contributed by atoms with Crippen molar-refractivity contribution < 1.29 is 19.3 Å². The summed E-state index contributed by atoms with van der Waals surface area (Å²) in [7, 11) is 3.15. The van der Waals surface area contributed by atoms with E-state index in [1.54, 1.807) is 20.3 Å². The van der Waals surface area contributed by atoms with Gasteiger partial charge in [-0.2, -0.15) is 4.99 Å². The van der Waals surface area contributed by atoms with Crippen LogP contribution >= 0.6 is 11.8 Å². The standard InChI is InChI=1S/C12H12N2O3S/c1-16-8-4-3-7(5-9(8)17-2)6-10-11(13)14-12(15)18-10/h3-6H,1-2H3,(H2,13,14,15)/p+1/b10-6-. The van der Waals surface area contributed by atoms with Crippen molar-refractivity contribution in [3.63, 3.8) is 0 Å². The van der Waals surface area contributed by atoms with Crippen LogP contribution in [-0.4, -0.2) is 25.3 Å². The van der Waals surface area contributed by atoms with Crippen LogP contribution in [0.25, 0.3) is 6.08 Å². The fourth-order valence-corrected chi connectivity index (χ4v) is 2.27. The van der Waals surface area contributed by atoms with Crippen molar-refractivity contribution in [1.29, 1.82) is 0 Å². The summed E-state index contributed by atoms with van der Waals surface area (Å²) < 4.78 is 10.4. The van der Waals surface area contributed by atoms with E-state index in [4.69, 9.17) is 15.2 Å². The maximum absolute atomic E-state index is 11.1. The summed E-state index contributed by atoms with van der Waals surface area (Å²) in [5.41, 5.74) is 6.57. The molecule has 1 aromatic rings. The van der Waals surface area contributed by atoms with Gasteiger partial charge in [0.1, 0.15) is 4.91 Å². The Labute approximate surface area is 109 Å². The molecule has 0 spiro atoms. The molecule has 94 valence electrons. The molecule has 2 rings (SSSR count). The lowest BCUT2D eigenvalue weighted by molar-refractivity contribution is -0.326. The molecule has 1 aromatic carbocycles. The van der Waals surface area contributed by atoms with E-state index in [1.807, 2.05) is 18.2 Å². The fraction of sp³-hybridized carbons (Fsp3) is 0.167. The highest BCUT2D eigenvalue weighted by molar-refractivity contribution is 8.17. The molecule has 3 N–H and O–H groups in total. The Balaban J connectivity index is 2.33. The first kappa shape index (κ1) is 12.5. The number of carbonyl (C=O) groups is 1. The Hall–Kier alpha value is -1.95. The maximum atomic E-state index is 11.1. The summed E-state index contributed by atoms with van der Waals surface area (Å²) in [6, 6.07) is 5.49. The van der Waals surface area contributed by atoms with Gasteiger partial charge in [0, 0.05) is 11.8 Å². The molecular weight excluding hydrogens is 252 g/mol. The Morgan fingerprint density at radius 1 is 1.28 bits per heavy atom. The van der Waals surface area contributed by atoms with Gasteiger partial charge in [-0.25, -0.2) is 4.79 Å². The zero-order chi connectivity index (χ0) is 13.1. The van der Waals surface area contributed by atoms with Crippen LogP contribution in [0.3, 0.4) is 0 Å². The van der Waals surface area contributed by atoms with E-state index in [-0.39, 0.29) is 5.24 Å². The minimum atomic E-state index is -0.167. The van der Waals surface area contributed by atoms with Crippen LogP contribution in [0.1, 0.15) is 5.56 Å². The lowest BCUT2D eigenvalue weighted by atomic mass is 10.2. The lowest BCUT2D eigenvalue weighted by Crippen LogP contribution is -2.74. The summed E-state index contributed by atoms with van der Waals surface area (Å²) in [5.74, 6) is 1.66. The van der Waals surface area contributed by atoms with Crippen LogP contribution in [0.2, 0.25) is 0 Å². The Kier molecular flexibility index (Phi) is 3.57. The molecule has 6 heteroatoms. The second-order valence-electron chi connectivity index (χ2n) is 3.55. The van der Waals surface area contributed by atoms with Gasteiger partial charge in [0.15, 0.2) is 11.5 Å². The van der Waals surface area contributed by atoms with Gasteiger partial charge in [0.05, 0.1) is 14.2 Å². The first-order valence-corrected chi connectivity index (χ1v) is 6.01. The zero-order valence-corrected chi connectivity index (χ0v) is 10.8. The van der Waals surface area contributed by atoms with Gasteiger partial charge in [0.25, 0.3) is 5.84 Å². The second kappa shape index (κ2) is 5.14. The van der Waals surface area contributed by atoms with E-state index < -0.39 is 0 Å². The van der Waals surface area contributed by atoms with Crippen LogP contribution in [0, 0.1) is 0 Å². The quantitative estimate of drug-likeness (QED) is 0.824. The number of thioether (sulfide) groups is 1. The Bertz CT molecular complexity index is 552. The van der Waals surface area contributed by atoms with Crippen LogP contribution in [0.15, 0.2) is 23.1 Å². The van der Waals surface area contributed by atoms with Gasteiger partial charge in [-0.1, -0.05) is 6.07 Å². The van der Waals surface area contributed by atoms with E-state index in [9.17, 15) is 4.79 Å². The van der Waals surface area contributed by atoms with Crippen molar-refractivity contribution in [2.24, 2.45) is 5.73 Å². The average Bonchev–Trinajstić information content (AvgIpc) is 2.67. The third kappa shape index (κ3) is 2.48. The molecule has 0 fully saturated rings. The Morgan fingerprint density at radius 2 is 2.00 bits per heavy atom. The molecule has 1 heterocycles. The van der Waals surface area contributed by atoms with Crippen LogP contribution in [0.5, 0.6) is 11.5 Å². The van der Waals surface area contributed by atoms with Crippen molar-refractivity contribution in [1.82, 2.24) is 0 Å². The van der Waals surface area contributed by atoms with Gasteiger partial charge < -0.3 is 9.47 Å². The van der Waals surface area contributed by atoms with E-state index in [0.717, 1.165) is 17.3 Å². The molecule has 0 radical (unpaired) electrons. The lowest BCUT2D eigenvalue weighted by Gasteiger charge is -2.07. The molecule has 5 nitrogen and oxygen atoms in total. The van der Waals surface area contributed by atoms with Crippen LogP contribution in [0.4, 0.5) is 4.79 Å². The number of nitrogens with two attached hydrogens (primary N) is 1. The highest BCUT2D eigenvalue weighted by Gasteiger charge is 2.24. The van der Waals surface area contributed by atoms with Crippen LogP contribution in [-0.2, 0) is 0 Å². The second-order valence-corrected chi connectivity index (χ2v) is 4.57. The monoisotopic (exact) mass is 265 g/mol. The van der Waals surface area contributed by atoms with Crippen LogP contribution < -0.4 is 20.2 Å². The van der Waals surface area contributed by atoms with Gasteiger partial charge in [-0.3, -0.25) is 5.73 Å². The molecule has 0 saturated heterocycles. The molecular formula is C12H13N2O3S+. The number of methoxy groups -OCH3 is 2. The maximum Gasteiger partial charge on any atom is 0.372 e. The zero-order valence-electron chi connectivity index (χ0n) is 10.0. The molecule has 18 heavy (non-hydrogen) atoms. The van der Waals surface area contributed by atoms with Crippen molar-refractivity contribution in [2.45, 2.75) is 0 Å². The molecule has 0 saturated carbocycles. The highest BCUT2D eigenvalue weighted by atomic mass is 32.2. The summed E-state index contributed by atoms with van der Waals surface area (Å²) in [4.78, 5) is 14.4. The number of hydrogen-bond donors (Lipinski definition) is 2. The number of carbonyl (C=O) groups excluding carboxylic acids is 1. The summed E-state index contributed by atoms with van der Waals surface area (Å²) in [6.45, 7) is 0. The third-order valence-electron chi connectivity index (χ3n) is 2.41. The van der Waals surface area contributed by atoms with Crippen molar-refractivity contribution in [3.8, 4) is 11.5 Å². The first-order valence-electron chi connectivity index (χ1n) is 5.19. The molecule has 1 amide bonds. The average molecular weight is 265 g/mol. The summed E-state index contributed by atoms with van der Waals surface area (Å²) in [6.07, 6.45) is 1.82. The molecule has 1 aliphatic heterocycles. The van der Waals surface area contributed by atoms with Gasteiger partial charge >= 0.3 is 5.24 Å². The molecule has 0 unspecified atom stereocenters. The molecule has 0 aliphatic carbocycles. The molecule has 0 bridgehead atoms. The number of amides is 1. The number of benzene rings is 1. The largest absolute Gasteiger partial charge is 0.493 e. The number of rotatable bonds is 3. The number of amidine groups is 1. The van der Waals surface area contributed by atoms with Crippen molar-refractivity contribution in [3.05, 3.63) is 28.7 Å². The van der Waals surface area contributed by atoms with Gasteiger partial charge in [-0.15, -0.1) is 0 Å². The predicted molar refractivity (Wildman–Crippen MR) is 70.7 cm³/mol. The topological polar surface area (TPSA) is 75.5 Å². The predicted octanol–water partition coefficient (Wildman–Crippen LogP) is 0.349. The number of ether oxygens (including phenoxy) is 2. The van der Waals surface area contributed by atoms with Crippen molar-refractivity contribution in [2.75, 3.05) is 14.2 Å². The minimum absolute atomic E-state index is 0.167. The normalized spacial score (nSPS) is 16.9. The van der Waals surface area contributed by atoms with E-state index in [0.29, 0.717) is 22.2 Å². The summed E-state index contributed by atoms with van der Waals surface area (Å²) in [5, 5.41) is -0.167. The smallest absolute Gasteiger partial charge is 0.372 e. The fourth-order valence-electron chi connectivity index (χ4n) is 1.55. The Morgan fingerprint density at radius 3 is 2.56 bits per heavy atom. The van der Waals surface area contributed by atoms with E-state index >= 15 is 0 Å². The van der Waals surface area contributed by atoms with Gasteiger partial charge in [0.2, 0.25) is 0 Å². The molecule has 0 aromatic heterocycles. The molecule has 1 aliphatic rings. The van der Waals surface area contributed by atoms with Crippen molar-refractivity contribution >= 4 is 28.9 Å². The van der Waals surface area contributed by atoms with Gasteiger partial charge in [-0.05, 0) is 23.8 Å². The minimum Gasteiger partial charge on any atom is -0.493 e. The number of hydrogen-bond acceptors (Lipinski definition) is 5. The van der Waals surface area contributed by atoms with E-state index in [1.165, 1.54) is 0 Å².